The topological polar surface area (TPSA) is 87.0 Å². The Bertz CT molecular complexity index is 641. The third-order valence-electron chi connectivity index (χ3n) is 4.78. The minimum Gasteiger partial charge on any atom is -0.493 e. The molecule has 0 radical (unpaired) electrons. The van der Waals surface area contributed by atoms with E-state index in [-0.39, 0.29) is 42.8 Å². The Morgan fingerprint density at radius 2 is 1.85 bits per heavy atom. The van der Waals surface area contributed by atoms with Crippen molar-refractivity contribution in [2.45, 2.75) is 57.8 Å². The van der Waals surface area contributed by atoms with Gasteiger partial charge in [0, 0.05) is 18.8 Å². The van der Waals surface area contributed by atoms with Crippen LogP contribution in [0.3, 0.4) is 0 Å². The molecule has 0 aliphatic heterocycles. The maximum absolute atomic E-state index is 15.0. The number of hydrogen-bond acceptors (Lipinski definition) is 4. The summed E-state index contributed by atoms with van der Waals surface area (Å²) in [4.78, 5) is 11.5. The number of aromatic carboxylic acids is 1. The lowest BCUT2D eigenvalue weighted by Gasteiger charge is -2.28. The van der Waals surface area contributed by atoms with E-state index in [2.05, 4.69) is 0 Å². The number of benzene rings is 1. The van der Waals surface area contributed by atoms with Gasteiger partial charge in [0.1, 0.15) is 11.6 Å². The molecule has 1 saturated carbocycles. The molecule has 1 aromatic rings. The number of carboxylic acid groups (broad SMARTS) is 1. The first kappa shape index (κ1) is 20.6. The van der Waals surface area contributed by atoms with Crippen molar-refractivity contribution in [3.05, 3.63) is 28.6 Å². The summed E-state index contributed by atoms with van der Waals surface area (Å²) in [6.07, 6.45) is 2.84. The predicted octanol–water partition coefficient (Wildman–Crippen LogP) is 3.46. The molecule has 1 fully saturated rings. The molecule has 0 bridgehead atoms. The van der Waals surface area contributed by atoms with Gasteiger partial charge in [-0.05, 0) is 54.6 Å². The average Bonchev–Trinajstić information content (AvgIpc) is 3.36. The summed E-state index contributed by atoms with van der Waals surface area (Å²) in [5.74, 6) is -1.44. The quantitative estimate of drug-likeness (QED) is 0.621. The fourth-order valence-electron chi connectivity index (χ4n) is 3.22. The molecule has 6 heteroatoms. The molecule has 0 atom stereocenters. The second-order valence-corrected chi connectivity index (χ2v) is 8.06. The lowest BCUT2D eigenvalue weighted by atomic mass is 9.82. The molecule has 0 aromatic heterocycles. The van der Waals surface area contributed by atoms with E-state index in [1.807, 2.05) is 20.8 Å². The van der Waals surface area contributed by atoms with E-state index in [0.717, 1.165) is 18.4 Å². The predicted molar refractivity (Wildman–Crippen MR) is 96.4 cm³/mol. The Hall–Kier alpha value is -1.66. The van der Waals surface area contributed by atoms with Crippen LogP contribution in [0.25, 0.3) is 0 Å². The van der Waals surface area contributed by atoms with Gasteiger partial charge in [-0.15, -0.1) is 0 Å². The van der Waals surface area contributed by atoms with Gasteiger partial charge in [-0.2, -0.15) is 0 Å². The van der Waals surface area contributed by atoms with Gasteiger partial charge in [0.25, 0.3) is 0 Å². The Labute approximate surface area is 153 Å². The molecule has 0 unspecified atom stereocenters. The van der Waals surface area contributed by atoms with Gasteiger partial charge < -0.3 is 20.1 Å². The van der Waals surface area contributed by atoms with E-state index in [0.29, 0.717) is 18.6 Å². The van der Waals surface area contributed by atoms with Crippen molar-refractivity contribution in [1.82, 2.24) is 0 Å². The lowest BCUT2D eigenvalue weighted by Crippen LogP contribution is -2.22. The standard InChI is InChI=1S/C20H29FO5/c1-20(2,3)16-17(21)15(19(24)25)10-14(13-4-5-13)18(16)26-11-12(6-8-22)7-9-23/h10,12-13,22-23H,4-9,11H2,1-3H3,(H,24,25). The lowest BCUT2D eigenvalue weighted by molar-refractivity contribution is 0.0691. The van der Waals surface area contributed by atoms with Crippen molar-refractivity contribution < 1.29 is 29.2 Å². The van der Waals surface area contributed by atoms with Crippen LogP contribution < -0.4 is 4.74 Å². The zero-order valence-corrected chi connectivity index (χ0v) is 15.7. The van der Waals surface area contributed by atoms with Gasteiger partial charge in [-0.3, -0.25) is 0 Å². The maximum atomic E-state index is 15.0. The first-order chi connectivity index (χ1) is 12.2. The first-order valence-corrected chi connectivity index (χ1v) is 9.15. The molecule has 2 rings (SSSR count). The molecule has 5 nitrogen and oxygen atoms in total. The molecule has 0 heterocycles. The SMILES string of the molecule is CC(C)(C)c1c(F)c(C(=O)O)cc(C2CC2)c1OCC(CCO)CCO. The summed E-state index contributed by atoms with van der Waals surface area (Å²) in [7, 11) is 0. The smallest absolute Gasteiger partial charge is 0.338 e. The molecule has 1 aliphatic carbocycles. The average molecular weight is 368 g/mol. The van der Waals surface area contributed by atoms with Crippen LogP contribution in [0.2, 0.25) is 0 Å². The number of halogens is 1. The molecule has 26 heavy (non-hydrogen) atoms. The van der Waals surface area contributed by atoms with Crippen LogP contribution in [0.5, 0.6) is 5.75 Å². The van der Waals surface area contributed by atoms with Crippen LogP contribution >= 0.6 is 0 Å². The molecule has 0 saturated heterocycles. The zero-order valence-electron chi connectivity index (χ0n) is 15.7. The Balaban J connectivity index is 2.48. The number of hydrogen-bond donors (Lipinski definition) is 3. The highest BCUT2D eigenvalue weighted by Gasteiger charge is 2.36. The summed E-state index contributed by atoms with van der Waals surface area (Å²) in [6, 6.07) is 1.41. The molecule has 1 aliphatic rings. The minimum atomic E-state index is -1.28. The van der Waals surface area contributed by atoms with Crippen LogP contribution in [-0.4, -0.2) is 41.1 Å². The number of aliphatic hydroxyl groups excluding tert-OH is 2. The van der Waals surface area contributed by atoms with Crippen molar-refractivity contribution in [2.75, 3.05) is 19.8 Å². The fourth-order valence-corrected chi connectivity index (χ4v) is 3.22. The van der Waals surface area contributed by atoms with E-state index < -0.39 is 17.2 Å². The van der Waals surface area contributed by atoms with E-state index in [1.54, 1.807) is 0 Å². The van der Waals surface area contributed by atoms with Gasteiger partial charge in [-0.25, -0.2) is 9.18 Å². The van der Waals surface area contributed by atoms with Crippen molar-refractivity contribution in [3.63, 3.8) is 0 Å². The van der Waals surface area contributed by atoms with Crippen molar-refractivity contribution in [1.29, 1.82) is 0 Å². The van der Waals surface area contributed by atoms with Crippen LogP contribution in [0.15, 0.2) is 6.07 Å². The van der Waals surface area contributed by atoms with E-state index in [4.69, 9.17) is 4.74 Å². The van der Waals surface area contributed by atoms with Crippen LogP contribution in [0.1, 0.15) is 73.9 Å². The van der Waals surface area contributed by atoms with Crippen molar-refractivity contribution in [3.8, 4) is 5.75 Å². The van der Waals surface area contributed by atoms with E-state index in [1.165, 1.54) is 6.07 Å². The monoisotopic (exact) mass is 368 g/mol. The third-order valence-corrected chi connectivity index (χ3v) is 4.78. The second kappa shape index (κ2) is 8.35. The highest BCUT2D eigenvalue weighted by atomic mass is 19.1. The highest BCUT2D eigenvalue weighted by Crippen LogP contribution is 2.49. The summed E-state index contributed by atoms with van der Waals surface area (Å²) in [5.41, 5.74) is 0.0933. The van der Waals surface area contributed by atoms with Gasteiger partial charge in [0.05, 0.1) is 12.2 Å². The summed E-state index contributed by atoms with van der Waals surface area (Å²) >= 11 is 0. The zero-order chi connectivity index (χ0) is 19.5. The number of rotatable bonds is 9. The van der Waals surface area contributed by atoms with E-state index in [9.17, 15) is 20.1 Å². The highest BCUT2D eigenvalue weighted by molar-refractivity contribution is 5.89. The summed E-state index contributed by atoms with van der Waals surface area (Å²) in [6.45, 7) is 5.72. The molecular weight excluding hydrogens is 339 g/mol. The molecule has 1 aromatic carbocycles. The van der Waals surface area contributed by atoms with Crippen LogP contribution in [-0.2, 0) is 5.41 Å². The fraction of sp³-hybridized carbons (Fsp3) is 0.650. The van der Waals surface area contributed by atoms with Gasteiger partial charge >= 0.3 is 5.97 Å². The van der Waals surface area contributed by atoms with Gasteiger partial charge in [-0.1, -0.05) is 20.8 Å². The maximum Gasteiger partial charge on any atom is 0.338 e. The minimum absolute atomic E-state index is 0.0120. The molecular formula is C20H29FO5. The van der Waals surface area contributed by atoms with Gasteiger partial charge in [0.2, 0.25) is 0 Å². The number of carbonyl (C=O) groups is 1. The second-order valence-electron chi connectivity index (χ2n) is 8.06. The number of carboxylic acids is 1. The van der Waals surface area contributed by atoms with Crippen molar-refractivity contribution >= 4 is 5.97 Å². The first-order valence-electron chi connectivity index (χ1n) is 9.15. The third kappa shape index (κ3) is 4.74. The normalized spacial score (nSPS) is 14.7. The van der Waals surface area contributed by atoms with Crippen molar-refractivity contribution in [2.24, 2.45) is 5.92 Å². The Kier molecular flexibility index (Phi) is 6.64. The van der Waals surface area contributed by atoms with E-state index >= 15 is 4.39 Å². The molecule has 3 N–H and O–H groups in total. The summed E-state index contributed by atoms with van der Waals surface area (Å²) < 4.78 is 21.0. The molecule has 0 amide bonds. The molecule has 146 valence electrons. The number of aliphatic hydroxyl groups is 2. The Morgan fingerprint density at radius 3 is 2.27 bits per heavy atom. The summed E-state index contributed by atoms with van der Waals surface area (Å²) in [5, 5.41) is 27.7. The van der Waals surface area contributed by atoms with Crippen LogP contribution in [0, 0.1) is 11.7 Å². The molecule has 0 spiro atoms. The number of ether oxygens (including phenoxy) is 1. The van der Waals surface area contributed by atoms with Gasteiger partial charge in [0.15, 0.2) is 0 Å². The largest absolute Gasteiger partial charge is 0.493 e. The Morgan fingerprint density at radius 1 is 1.27 bits per heavy atom. The van der Waals surface area contributed by atoms with Crippen LogP contribution in [0.4, 0.5) is 4.39 Å².